The Morgan fingerprint density at radius 3 is 2.86 bits per heavy atom. The van der Waals surface area contributed by atoms with Crippen LogP contribution in [0.15, 0.2) is 47.8 Å². The summed E-state index contributed by atoms with van der Waals surface area (Å²) in [5.74, 6) is 1.41. The number of benzene rings is 2. The number of para-hydroxylation sites is 1. The fourth-order valence-corrected chi connectivity index (χ4v) is 4.61. The maximum absolute atomic E-state index is 12.5. The van der Waals surface area contributed by atoms with Crippen molar-refractivity contribution in [3.63, 3.8) is 0 Å². The van der Waals surface area contributed by atoms with Crippen LogP contribution in [0.2, 0.25) is 0 Å². The third-order valence-corrected chi connectivity index (χ3v) is 6.01. The van der Waals surface area contributed by atoms with Crippen molar-refractivity contribution < 1.29 is 14.3 Å². The zero-order valence-electron chi connectivity index (χ0n) is 16.0. The lowest BCUT2D eigenvalue weighted by Crippen LogP contribution is -2.14. The van der Waals surface area contributed by atoms with Gasteiger partial charge in [-0.05, 0) is 37.3 Å². The highest BCUT2D eigenvalue weighted by atomic mass is 32.1. The van der Waals surface area contributed by atoms with Crippen molar-refractivity contribution in [2.75, 3.05) is 19.0 Å². The Hall–Kier alpha value is -2.97. The van der Waals surface area contributed by atoms with Crippen molar-refractivity contribution in [3.05, 3.63) is 53.5 Å². The van der Waals surface area contributed by atoms with Gasteiger partial charge in [0.2, 0.25) is 5.91 Å². The second-order valence-corrected chi connectivity index (χ2v) is 8.04. The molecule has 29 heavy (non-hydrogen) atoms. The maximum atomic E-state index is 12.5. The Morgan fingerprint density at radius 1 is 1.17 bits per heavy atom. The van der Waals surface area contributed by atoms with Crippen molar-refractivity contribution in [1.82, 2.24) is 9.97 Å². The van der Waals surface area contributed by atoms with Gasteiger partial charge in [0.15, 0.2) is 5.13 Å². The smallest absolute Gasteiger partial charge is 0.232 e. The lowest BCUT2D eigenvalue weighted by Gasteiger charge is -2.07. The van der Waals surface area contributed by atoms with Gasteiger partial charge in [-0.25, -0.2) is 9.97 Å². The van der Waals surface area contributed by atoms with Gasteiger partial charge in [0.25, 0.3) is 0 Å². The number of hydrogen-bond acceptors (Lipinski definition) is 7. The first-order chi connectivity index (χ1) is 14.2. The summed E-state index contributed by atoms with van der Waals surface area (Å²) >= 11 is 2.92. The first-order valence-electron chi connectivity index (χ1n) is 9.07. The standard InChI is InChI=1S/C21H19N3O3S2/c1-3-27-17-7-5-4-6-15(17)20-22-13(12-28-20)10-19(25)24-21-23-16-9-8-14(26-2)11-18(16)29-21/h4-9,11-12H,3,10H2,1-2H3,(H,23,24,25). The number of carbonyl (C=O) groups excluding carboxylic acids is 1. The molecule has 2 heterocycles. The molecule has 4 aromatic rings. The van der Waals surface area contributed by atoms with Gasteiger partial charge in [-0.2, -0.15) is 0 Å². The van der Waals surface area contributed by atoms with Crippen molar-refractivity contribution in [3.8, 4) is 22.1 Å². The molecule has 0 spiro atoms. The molecule has 2 aromatic heterocycles. The lowest BCUT2D eigenvalue weighted by molar-refractivity contribution is -0.115. The van der Waals surface area contributed by atoms with E-state index in [4.69, 9.17) is 9.47 Å². The normalized spacial score (nSPS) is 10.8. The number of nitrogens with zero attached hydrogens (tertiary/aromatic N) is 2. The molecular weight excluding hydrogens is 406 g/mol. The second kappa shape index (κ2) is 8.59. The van der Waals surface area contributed by atoms with E-state index in [-0.39, 0.29) is 12.3 Å². The van der Waals surface area contributed by atoms with Crippen LogP contribution in [-0.4, -0.2) is 29.6 Å². The molecule has 0 unspecified atom stereocenters. The summed E-state index contributed by atoms with van der Waals surface area (Å²) in [6.07, 6.45) is 0.187. The summed E-state index contributed by atoms with van der Waals surface area (Å²) in [5.41, 5.74) is 2.48. The summed E-state index contributed by atoms with van der Waals surface area (Å²) in [6.45, 7) is 2.54. The lowest BCUT2D eigenvalue weighted by atomic mass is 10.2. The molecule has 8 heteroatoms. The van der Waals surface area contributed by atoms with Gasteiger partial charge in [0.1, 0.15) is 16.5 Å². The van der Waals surface area contributed by atoms with E-state index in [0.29, 0.717) is 11.7 Å². The predicted octanol–water partition coefficient (Wildman–Crippen LogP) is 5.01. The average Bonchev–Trinajstić information content (AvgIpc) is 3.34. The quantitative estimate of drug-likeness (QED) is 0.451. The number of carbonyl (C=O) groups is 1. The molecule has 2 aromatic carbocycles. The summed E-state index contributed by atoms with van der Waals surface area (Å²) in [4.78, 5) is 21.5. The van der Waals surface area contributed by atoms with Crippen LogP contribution >= 0.6 is 22.7 Å². The van der Waals surface area contributed by atoms with Gasteiger partial charge in [0, 0.05) is 5.38 Å². The van der Waals surface area contributed by atoms with Crippen LogP contribution in [0.4, 0.5) is 5.13 Å². The zero-order valence-corrected chi connectivity index (χ0v) is 17.6. The van der Waals surface area contributed by atoms with Gasteiger partial charge < -0.3 is 14.8 Å². The number of ether oxygens (including phenoxy) is 2. The molecule has 0 aliphatic carbocycles. The van der Waals surface area contributed by atoms with Gasteiger partial charge in [0.05, 0.1) is 41.6 Å². The van der Waals surface area contributed by atoms with Crippen LogP contribution in [0, 0.1) is 0 Å². The van der Waals surface area contributed by atoms with Crippen molar-refractivity contribution in [1.29, 1.82) is 0 Å². The van der Waals surface area contributed by atoms with Crippen molar-refractivity contribution in [2.24, 2.45) is 0 Å². The zero-order chi connectivity index (χ0) is 20.2. The number of anilines is 1. The molecule has 0 radical (unpaired) electrons. The number of thiazole rings is 2. The highest BCUT2D eigenvalue weighted by Crippen LogP contribution is 2.32. The Bertz CT molecular complexity index is 1150. The molecule has 1 amide bonds. The van der Waals surface area contributed by atoms with Gasteiger partial charge >= 0.3 is 0 Å². The SMILES string of the molecule is CCOc1ccccc1-c1nc(CC(=O)Nc2nc3ccc(OC)cc3s2)cs1. The number of aromatic nitrogens is 2. The second-order valence-electron chi connectivity index (χ2n) is 6.15. The number of nitrogens with one attached hydrogen (secondary N) is 1. The molecule has 6 nitrogen and oxygen atoms in total. The van der Waals surface area contributed by atoms with Crippen LogP contribution in [0.25, 0.3) is 20.8 Å². The van der Waals surface area contributed by atoms with Crippen LogP contribution in [0.1, 0.15) is 12.6 Å². The van der Waals surface area contributed by atoms with E-state index in [1.54, 1.807) is 7.11 Å². The van der Waals surface area contributed by atoms with Crippen LogP contribution in [0.3, 0.4) is 0 Å². The first-order valence-corrected chi connectivity index (χ1v) is 10.8. The Balaban J connectivity index is 1.46. The van der Waals surface area contributed by atoms with Gasteiger partial charge in [-0.3, -0.25) is 4.79 Å². The average molecular weight is 426 g/mol. The molecule has 1 N–H and O–H groups in total. The Kier molecular flexibility index (Phi) is 5.73. The number of hydrogen-bond donors (Lipinski definition) is 1. The van der Waals surface area contributed by atoms with E-state index < -0.39 is 0 Å². The van der Waals surface area contributed by atoms with E-state index in [2.05, 4.69) is 15.3 Å². The van der Waals surface area contributed by atoms with E-state index in [1.807, 2.05) is 54.8 Å². The van der Waals surface area contributed by atoms with E-state index >= 15 is 0 Å². The fraction of sp³-hybridized carbons (Fsp3) is 0.190. The number of fused-ring (bicyclic) bond motifs is 1. The summed E-state index contributed by atoms with van der Waals surface area (Å²) in [6, 6.07) is 13.4. The first kappa shape index (κ1) is 19.4. The number of amides is 1. The molecule has 0 fully saturated rings. The highest BCUT2D eigenvalue weighted by molar-refractivity contribution is 7.22. The fourth-order valence-electron chi connectivity index (χ4n) is 2.85. The molecule has 0 saturated carbocycles. The van der Waals surface area contributed by atoms with E-state index in [9.17, 15) is 4.79 Å². The van der Waals surface area contributed by atoms with Crippen molar-refractivity contribution >= 4 is 43.9 Å². The monoisotopic (exact) mass is 425 g/mol. The Labute approximate surface area is 176 Å². The molecule has 0 atom stereocenters. The molecule has 0 saturated heterocycles. The predicted molar refractivity (Wildman–Crippen MR) is 117 cm³/mol. The van der Waals surface area contributed by atoms with Crippen LogP contribution in [-0.2, 0) is 11.2 Å². The molecular formula is C21H19N3O3S2. The highest BCUT2D eigenvalue weighted by Gasteiger charge is 2.14. The van der Waals surface area contributed by atoms with E-state index in [0.717, 1.165) is 38.0 Å². The number of rotatable bonds is 7. The van der Waals surface area contributed by atoms with Crippen LogP contribution < -0.4 is 14.8 Å². The largest absolute Gasteiger partial charge is 0.497 e. The minimum Gasteiger partial charge on any atom is -0.497 e. The summed E-state index contributed by atoms with van der Waals surface area (Å²) in [7, 11) is 1.62. The third-order valence-electron chi connectivity index (χ3n) is 4.15. The molecule has 4 rings (SSSR count). The van der Waals surface area contributed by atoms with Crippen molar-refractivity contribution in [2.45, 2.75) is 13.3 Å². The molecule has 0 aliphatic heterocycles. The van der Waals surface area contributed by atoms with Crippen LogP contribution in [0.5, 0.6) is 11.5 Å². The Morgan fingerprint density at radius 2 is 2.03 bits per heavy atom. The molecule has 148 valence electrons. The molecule has 0 aliphatic rings. The molecule has 0 bridgehead atoms. The number of methoxy groups -OCH3 is 1. The van der Waals surface area contributed by atoms with E-state index in [1.165, 1.54) is 22.7 Å². The summed E-state index contributed by atoms with van der Waals surface area (Å²) < 4.78 is 11.9. The topological polar surface area (TPSA) is 73.3 Å². The third kappa shape index (κ3) is 4.38. The minimum atomic E-state index is -0.147. The minimum absolute atomic E-state index is 0.147. The van der Waals surface area contributed by atoms with Gasteiger partial charge in [-0.1, -0.05) is 23.5 Å². The maximum Gasteiger partial charge on any atom is 0.232 e. The summed E-state index contributed by atoms with van der Waals surface area (Å²) in [5, 5.41) is 6.17. The van der Waals surface area contributed by atoms with Gasteiger partial charge in [-0.15, -0.1) is 11.3 Å².